The quantitative estimate of drug-likeness (QED) is 0.124. The molecule has 0 saturated heterocycles. The molecular formula is C60H64N3OPt-. The molecule has 0 amide bonds. The molecule has 0 aliphatic heterocycles. The third-order valence-electron chi connectivity index (χ3n) is 14.1. The Kier molecular flexibility index (Phi) is 11.5. The van der Waals surface area contributed by atoms with E-state index in [1.807, 2.05) is 71.3 Å². The fourth-order valence-electron chi connectivity index (χ4n) is 9.13. The normalized spacial score (nSPS) is 13.9. The van der Waals surface area contributed by atoms with Crippen LogP contribution in [-0.4, -0.2) is 19.6 Å². The average molecular weight is 1040 g/mol. The van der Waals surface area contributed by atoms with Gasteiger partial charge in [-0.3, -0.25) is 9.55 Å². The third kappa shape index (κ3) is 8.92. The zero-order chi connectivity index (χ0) is 50.6. The average Bonchev–Trinajstić information content (AvgIpc) is 3.74. The van der Waals surface area contributed by atoms with Gasteiger partial charge in [0.2, 0.25) is 0 Å². The molecule has 65 heavy (non-hydrogen) atoms. The van der Waals surface area contributed by atoms with Crippen LogP contribution in [0.5, 0.6) is 5.75 Å². The Morgan fingerprint density at radius 2 is 1.26 bits per heavy atom. The van der Waals surface area contributed by atoms with Crippen molar-refractivity contribution in [2.24, 2.45) is 0 Å². The Labute approximate surface area is 410 Å². The second kappa shape index (κ2) is 18.7. The van der Waals surface area contributed by atoms with Gasteiger partial charge in [0.25, 0.3) is 0 Å². The molecule has 1 N–H and O–H groups in total. The molecule has 6 aromatic carbocycles. The van der Waals surface area contributed by atoms with Gasteiger partial charge in [-0.1, -0.05) is 158 Å². The maximum Gasteiger partial charge on any atom is 0.148 e. The van der Waals surface area contributed by atoms with E-state index in [4.69, 9.17) is 14.1 Å². The van der Waals surface area contributed by atoms with Crippen molar-refractivity contribution in [1.29, 1.82) is 0 Å². The Morgan fingerprint density at radius 3 is 1.89 bits per heavy atom. The molecule has 0 fully saturated rings. The smallest absolute Gasteiger partial charge is 0.148 e. The minimum Gasteiger partial charge on any atom is -0.507 e. The molecule has 8 rings (SSSR count). The van der Waals surface area contributed by atoms with Crippen LogP contribution in [0.25, 0.3) is 72.7 Å². The first-order valence-corrected chi connectivity index (χ1v) is 22.8. The number of rotatable bonds is 12. The number of nitrogens with zero attached hydrogens (tertiary/aromatic N) is 3. The van der Waals surface area contributed by atoms with Crippen molar-refractivity contribution in [2.45, 2.75) is 118 Å². The van der Waals surface area contributed by atoms with Gasteiger partial charge >= 0.3 is 0 Å². The van der Waals surface area contributed by atoms with Gasteiger partial charge in [-0.05, 0) is 131 Å². The minimum atomic E-state index is -2.54. The summed E-state index contributed by atoms with van der Waals surface area (Å²) in [7, 11) is 0. The molecule has 2 heterocycles. The van der Waals surface area contributed by atoms with Crippen LogP contribution >= 0.6 is 0 Å². The SMILES string of the molecule is [2H]C([2H])([2H])c1ccc(-c2ccnc(-c3[c-]c(-c4cccc5c4nc(-c4ccccc4O)n5-c4ccc(-c5c(C(C)(CC)CC)cccc5C(C)(CC)CC)cc4C([2H])([2H])[2H])cc(C(C)(C)C)c3)c2)cc1.[Pt]. The van der Waals surface area contributed by atoms with Crippen molar-refractivity contribution >= 4 is 11.0 Å². The molecule has 5 heteroatoms. The number of fused-ring (bicyclic) bond motifs is 1. The summed E-state index contributed by atoms with van der Waals surface area (Å²) in [5.41, 5.74) is 12.3. The molecule has 8 aromatic rings. The van der Waals surface area contributed by atoms with Gasteiger partial charge in [-0.2, -0.15) is 0 Å². The van der Waals surface area contributed by atoms with Crippen molar-refractivity contribution < 1.29 is 34.4 Å². The summed E-state index contributed by atoms with van der Waals surface area (Å²) in [4.78, 5) is 10.2. The van der Waals surface area contributed by atoms with Crippen LogP contribution in [0.2, 0.25) is 0 Å². The monoisotopic (exact) mass is 1040 g/mol. The molecule has 4 nitrogen and oxygen atoms in total. The molecule has 0 radical (unpaired) electrons. The number of aryl methyl sites for hydroxylation is 2. The maximum atomic E-state index is 11.5. The minimum absolute atomic E-state index is 0. The number of para-hydroxylation sites is 2. The van der Waals surface area contributed by atoms with E-state index in [9.17, 15) is 9.22 Å². The number of pyridine rings is 1. The molecule has 336 valence electrons. The second-order valence-corrected chi connectivity index (χ2v) is 18.9. The van der Waals surface area contributed by atoms with Gasteiger partial charge in [0.15, 0.2) is 0 Å². The fourth-order valence-corrected chi connectivity index (χ4v) is 9.13. The predicted octanol–water partition coefficient (Wildman–Crippen LogP) is 16.3. The molecule has 0 saturated carbocycles. The van der Waals surface area contributed by atoms with Crippen LogP contribution in [0.3, 0.4) is 0 Å². The Bertz CT molecular complexity index is 3170. The summed E-state index contributed by atoms with van der Waals surface area (Å²) in [6, 6.07) is 44.3. The summed E-state index contributed by atoms with van der Waals surface area (Å²) in [5.74, 6) is 0.422. The second-order valence-electron chi connectivity index (χ2n) is 18.9. The number of aromatic hydroxyl groups is 1. The van der Waals surface area contributed by atoms with E-state index in [1.165, 1.54) is 11.1 Å². The van der Waals surface area contributed by atoms with Crippen LogP contribution in [-0.2, 0) is 37.3 Å². The molecular weight excluding hydrogens is 974 g/mol. The van der Waals surface area contributed by atoms with E-state index >= 15 is 0 Å². The maximum absolute atomic E-state index is 11.5. The zero-order valence-corrected chi connectivity index (χ0v) is 41.4. The van der Waals surface area contributed by atoms with Gasteiger partial charge < -0.3 is 5.11 Å². The van der Waals surface area contributed by atoms with E-state index in [1.54, 1.807) is 30.5 Å². The molecule has 0 aliphatic rings. The van der Waals surface area contributed by atoms with Crippen molar-refractivity contribution in [3.63, 3.8) is 0 Å². The number of benzene rings is 6. The summed E-state index contributed by atoms with van der Waals surface area (Å²) in [6.45, 7) is 15.3. The van der Waals surface area contributed by atoms with E-state index in [-0.39, 0.29) is 54.2 Å². The van der Waals surface area contributed by atoms with E-state index < -0.39 is 13.7 Å². The first kappa shape index (κ1) is 39.8. The molecule has 0 unspecified atom stereocenters. The van der Waals surface area contributed by atoms with E-state index in [0.29, 0.717) is 33.8 Å². The van der Waals surface area contributed by atoms with Gasteiger partial charge in [0.1, 0.15) is 11.6 Å². The van der Waals surface area contributed by atoms with Crippen LogP contribution < -0.4 is 0 Å². The number of imidazole rings is 1. The number of phenolic OH excluding ortho intramolecular Hbond substituents is 1. The van der Waals surface area contributed by atoms with Crippen LogP contribution in [0.4, 0.5) is 0 Å². The van der Waals surface area contributed by atoms with Crippen molar-refractivity contribution in [3.05, 3.63) is 167 Å². The van der Waals surface area contributed by atoms with E-state index in [2.05, 4.69) is 105 Å². The number of aromatic nitrogens is 3. The first-order valence-electron chi connectivity index (χ1n) is 25.8. The zero-order valence-electron chi connectivity index (χ0n) is 45.1. The third-order valence-corrected chi connectivity index (χ3v) is 14.1. The molecule has 0 atom stereocenters. The van der Waals surface area contributed by atoms with Crippen LogP contribution in [0, 0.1) is 19.8 Å². The van der Waals surface area contributed by atoms with Crippen LogP contribution in [0.1, 0.15) is 124 Å². The van der Waals surface area contributed by atoms with Gasteiger partial charge in [0.05, 0.1) is 22.3 Å². The fraction of sp³-hybridized carbons (Fsp3) is 0.300. The summed E-state index contributed by atoms with van der Waals surface area (Å²) >= 11 is 0. The summed E-state index contributed by atoms with van der Waals surface area (Å²) < 4.78 is 53.0. The van der Waals surface area contributed by atoms with Gasteiger partial charge in [0, 0.05) is 41.2 Å². The molecule has 0 bridgehead atoms. The Morgan fingerprint density at radius 1 is 0.631 bits per heavy atom. The Hall–Kier alpha value is -5.57. The topological polar surface area (TPSA) is 50.9 Å². The van der Waals surface area contributed by atoms with Gasteiger partial charge in [-0.25, -0.2) is 4.98 Å². The number of hydrogen-bond donors (Lipinski definition) is 1. The van der Waals surface area contributed by atoms with Crippen LogP contribution in [0.15, 0.2) is 134 Å². The molecule has 2 aromatic heterocycles. The molecule has 0 aliphatic carbocycles. The Balaban J connectivity index is 0.00000741. The summed E-state index contributed by atoms with van der Waals surface area (Å²) in [5, 5.41) is 11.5. The van der Waals surface area contributed by atoms with Crippen molar-refractivity contribution in [2.75, 3.05) is 0 Å². The predicted molar refractivity (Wildman–Crippen MR) is 271 cm³/mol. The summed E-state index contributed by atoms with van der Waals surface area (Å²) in [6.07, 6.45) is 5.47. The first-order chi connectivity index (χ1) is 33.0. The van der Waals surface area contributed by atoms with Crippen molar-refractivity contribution in [3.8, 4) is 67.5 Å². The largest absolute Gasteiger partial charge is 0.507 e. The van der Waals surface area contributed by atoms with E-state index in [0.717, 1.165) is 70.2 Å². The van der Waals surface area contributed by atoms with Crippen molar-refractivity contribution in [1.82, 2.24) is 14.5 Å². The molecule has 0 spiro atoms. The number of phenols is 1. The standard InChI is InChI=1S/C60H64N3O.Pt/c1-12-59(10,13-2)49-22-19-23-50(60(11,14-3)15-4)55(49)43-30-31-52(40(6)34-43)63-53-24-18-21-47(56(53)62-57(63)48-20-16-17-25-54(48)64)44-35-45(37-46(36-44)58(7,8)9)51-38-42(32-33-61-51)41-28-26-39(5)27-29-41;/h16-34,36-38,64H,12-15H2,1-11H3;/q-1;/i5D3,6D3;. The number of hydrogen-bond acceptors (Lipinski definition) is 3. The van der Waals surface area contributed by atoms with Gasteiger partial charge in [-0.15, -0.1) is 29.3 Å².